The van der Waals surface area contributed by atoms with Crippen LogP contribution in [0.5, 0.6) is 0 Å². The molecule has 2 aliphatic heterocycles. The second-order valence-corrected chi connectivity index (χ2v) is 8.36. The highest BCUT2D eigenvalue weighted by atomic mass is 16.5. The Morgan fingerprint density at radius 1 is 1.26 bits per heavy atom. The van der Waals surface area contributed by atoms with Gasteiger partial charge in [0.1, 0.15) is 6.04 Å². The fourth-order valence-electron chi connectivity index (χ4n) is 4.39. The Bertz CT molecular complexity index is 1260. The van der Waals surface area contributed by atoms with Gasteiger partial charge in [0.25, 0.3) is 5.72 Å². The standard InChI is InChI=1S/C24H26N6O5/c1-33-10-9-30-13-15-11-16(7-8-17(15)26-20(22(30)32)12-21(31)34-2)24(29-25-14-35-24)23-27-18-5-3-4-6-19(18)28-23/h3-8,11,20,26H,9-10,12-14H2,1-2H3,(H,27,28). The molecule has 1 amide bonds. The van der Waals surface area contributed by atoms with Gasteiger partial charge in [0.05, 0.1) is 31.2 Å². The van der Waals surface area contributed by atoms with Gasteiger partial charge < -0.3 is 29.4 Å². The van der Waals surface area contributed by atoms with Crippen molar-refractivity contribution < 1.29 is 23.8 Å². The van der Waals surface area contributed by atoms with Crippen molar-refractivity contribution in [3.8, 4) is 0 Å². The first-order valence-corrected chi connectivity index (χ1v) is 11.3. The molecule has 2 aliphatic rings. The Kier molecular flexibility index (Phi) is 6.18. The third-order valence-electron chi connectivity index (χ3n) is 6.21. The molecule has 0 fully saturated rings. The molecule has 0 radical (unpaired) electrons. The van der Waals surface area contributed by atoms with Crippen molar-refractivity contribution in [1.29, 1.82) is 0 Å². The van der Waals surface area contributed by atoms with Crippen LogP contribution >= 0.6 is 0 Å². The van der Waals surface area contributed by atoms with Gasteiger partial charge in [-0.1, -0.05) is 18.2 Å². The molecule has 182 valence electrons. The van der Waals surface area contributed by atoms with Crippen molar-refractivity contribution in [2.45, 2.75) is 24.7 Å². The molecule has 2 aromatic carbocycles. The van der Waals surface area contributed by atoms with E-state index in [4.69, 9.17) is 19.2 Å². The van der Waals surface area contributed by atoms with Crippen LogP contribution in [0.15, 0.2) is 52.7 Å². The van der Waals surface area contributed by atoms with Gasteiger partial charge in [-0.05, 0) is 29.8 Å². The van der Waals surface area contributed by atoms with E-state index in [1.54, 1.807) is 12.0 Å². The number of rotatable bonds is 7. The number of aromatic nitrogens is 2. The molecule has 2 N–H and O–H groups in total. The predicted molar refractivity (Wildman–Crippen MR) is 125 cm³/mol. The minimum absolute atomic E-state index is 0.0831. The normalized spacial score (nSPS) is 21.6. The van der Waals surface area contributed by atoms with Crippen molar-refractivity contribution in [1.82, 2.24) is 14.9 Å². The third-order valence-corrected chi connectivity index (χ3v) is 6.21. The Balaban J connectivity index is 1.55. The molecule has 2 atom stereocenters. The SMILES string of the molecule is COCCN1Cc2cc(C3(c4nc5ccccc5[nH]4)N=NCO3)ccc2NC(CC(=O)OC)C1=O. The molecule has 3 heterocycles. The van der Waals surface area contributed by atoms with Gasteiger partial charge in [-0.15, -0.1) is 5.11 Å². The molecule has 0 saturated heterocycles. The summed E-state index contributed by atoms with van der Waals surface area (Å²) < 4.78 is 16.1. The van der Waals surface area contributed by atoms with Crippen molar-refractivity contribution >= 4 is 28.6 Å². The number of hydrogen-bond acceptors (Lipinski definition) is 9. The maximum atomic E-state index is 13.2. The van der Waals surface area contributed by atoms with Crippen LogP contribution in [0.3, 0.4) is 0 Å². The number of methoxy groups -OCH3 is 2. The quantitative estimate of drug-likeness (QED) is 0.499. The van der Waals surface area contributed by atoms with Crippen LogP contribution in [-0.2, 0) is 36.1 Å². The Labute approximate surface area is 201 Å². The van der Waals surface area contributed by atoms with Gasteiger partial charge in [-0.3, -0.25) is 9.59 Å². The number of hydrogen-bond donors (Lipinski definition) is 2. The smallest absolute Gasteiger partial charge is 0.308 e. The summed E-state index contributed by atoms with van der Waals surface area (Å²) in [5.74, 6) is -0.141. The first-order valence-electron chi connectivity index (χ1n) is 11.3. The number of ether oxygens (including phenoxy) is 3. The van der Waals surface area contributed by atoms with Crippen LogP contribution in [0, 0.1) is 0 Å². The van der Waals surface area contributed by atoms with Gasteiger partial charge >= 0.3 is 5.97 Å². The van der Waals surface area contributed by atoms with Gasteiger partial charge in [-0.25, -0.2) is 4.98 Å². The summed E-state index contributed by atoms with van der Waals surface area (Å²) in [6.07, 6.45) is -0.0831. The summed E-state index contributed by atoms with van der Waals surface area (Å²) in [6.45, 7) is 1.17. The number of benzene rings is 2. The predicted octanol–water partition coefficient (Wildman–Crippen LogP) is 2.54. The number of imidazole rings is 1. The molecule has 2 unspecified atom stereocenters. The van der Waals surface area contributed by atoms with E-state index in [1.807, 2.05) is 42.5 Å². The molecule has 3 aromatic rings. The summed E-state index contributed by atoms with van der Waals surface area (Å²) in [5.41, 5.74) is 2.75. The van der Waals surface area contributed by atoms with E-state index in [0.29, 0.717) is 25.5 Å². The van der Waals surface area contributed by atoms with Crippen molar-refractivity contribution in [3.63, 3.8) is 0 Å². The molecule has 0 spiro atoms. The number of nitrogens with zero attached hydrogens (tertiary/aromatic N) is 4. The number of nitrogens with one attached hydrogen (secondary N) is 2. The summed E-state index contributed by atoms with van der Waals surface area (Å²) in [7, 11) is 2.89. The van der Waals surface area contributed by atoms with E-state index in [0.717, 1.165) is 27.8 Å². The first-order chi connectivity index (χ1) is 17.0. The molecule has 35 heavy (non-hydrogen) atoms. The first kappa shape index (κ1) is 22.9. The van der Waals surface area contributed by atoms with E-state index < -0.39 is 17.7 Å². The van der Waals surface area contributed by atoms with Crippen LogP contribution in [0.1, 0.15) is 23.4 Å². The highest BCUT2D eigenvalue weighted by Gasteiger charge is 2.43. The summed E-state index contributed by atoms with van der Waals surface area (Å²) in [6, 6.07) is 12.6. The second kappa shape index (κ2) is 9.43. The lowest BCUT2D eigenvalue weighted by Gasteiger charge is -2.24. The van der Waals surface area contributed by atoms with E-state index in [-0.39, 0.29) is 19.1 Å². The van der Waals surface area contributed by atoms with Crippen LogP contribution < -0.4 is 5.32 Å². The van der Waals surface area contributed by atoms with Crippen LogP contribution in [0.25, 0.3) is 11.0 Å². The lowest BCUT2D eigenvalue weighted by Crippen LogP contribution is -2.43. The molecule has 11 heteroatoms. The maximum absolute atomic E-state index is 13.2. The van der Waals surface area contributed by atoms with Crippen LogP contribution in [0.2, 0.25) is 0 Å². The van der Waals surface area contributed by atoms with Gasteiger partial charge in [-0.2, -0.15) is 5.11 Å². The Hall–Kier alpha value is -3.83. The van der Waals surface area contributed by atoms with E-state index >= 15 is 0 Å². The van der Waals surface area contributed by atoms with Gasteiger partial charge in [0, 0.05) is 31.5 Å². The second-order valence-electron chi connectivity index (χ2n) is 8.36. The number of para-hydroxylation sites is 2. The van der Waals surface area contributed by atoms with Gasteiger partial charge in [0.15, 0.2) is 12.6 Å². The average Bonchev–Trinajstić information content (AvgIpc) is 3.52. The molecule has 11 nitrogen and oxygen atoms in total. The molecule has 0 bridgehead atoms. The number of anilines is 1. The van der Waals surface area contributed by atoms with E-state index in [9.17, 15) is 9.59 Å². The number of carbonyl (C=O) groups is 2. The zero-order valence-corrected chi connectivity index (χ0v) is 19.5. The van der Waals surface area contributed by atoms with Crippen LogP contribution in [0.4, 0.5) is 5.69 Å². The maximum Gasteiger partial charge on any atom is 0.308 e. The zero-order valence-electron chi connectivity index (χ0n) is 19.5. The van der Waals surface area contributed by atoms with E-state index in [2.05, 4.69) is 20.5 Å². The zero-order chi connectivity index (χ0) is 24.4. The number of fused-ring (bicyclic) bond motifs is 2. The molecule has 1 aromatic heterocycles. The Morgan fingerprint density at radius 3 is 2.86 bits per heavy atom. The highest BCUT2D eigenvalue weighted by molar-refractivity contribution is 5.90. The number of azo groups is 1. The minimum atomic E-state index is -1.23. The molecule has 5 rings (SSSR count). The van der Waals surface area contributed by atoms with Crippen molar-refractivity contribution in [2.75, 3.05) is 39.4 Å². The van der Waals surface area contributed by atoms with Crippen molar-refractivity contribution in [2.24, 2.45) is 10.2 Å². The summed E-state index contributed by atoms with van der Waals surface area (Å²) in [5, 5.41) is 11.8. The molecular formula is C24H26N6O5. The van der Waals surface area contributed by atoms with Crippen molar-refractivity contribution in [3.05, 3.63) is 59.4 Å². The largest absolute Gasteiger partial charge is 0.469 e. The number of H-pyrrole nitrogens is 1. The topological polar surface area (TPSA) is 131 Å². The lowest BCUT2D eigenvalue weighted by molar-refractivity contribution is -0.144. The monoisotopic (exact) mass is 478 g/mol. The number of aromatic amines is 1. The summed E-state index contributed by atoms with van der Waals surface area (Å²) >= 11 is 0. The fraction of sp³-hybridized carbons (Fsp3) is 0.375. The molecule has 0 saturated carbocycles. The van der Waals surface area contributed by atoms with Gasteiger partial charge in [0.2, 0.25) is 5.91 Å². The molecular weight excluding hydrogens is 452 g/mol. The number of esters is 1. The van der Waals surface area contributed by atoms with E-state index in [1.165, 1.54) is 7.11 Å². The number of amides is 1. The third kappa shape index (κ3) is 4.24. The summed E-state index contributed by atoms with van der Waals surface area (Å²) in [4.78, 5) is 34.9. The fourth-order valence-corrected chi connectivity index (χ4v) is 4.39. The average molecular weight is 479 g/mol. The minimum Gasteiger partial charge on any atom is -0.469 e. The Morgan fingerprint density at radius 2 is 2.11 bits per heavy atom. The molecule has 0 aliphatic carbocycles. The van der Waals surface area contributed by atoms with Crippen LogP contribution in [-0.4, -0.2) is 66.9 Å². The number of carbonyl (C=O) groups excluding carboxylic acids is 2. The highest BCUT2D eigenvalue weighted by Crippen LogP contribution is 2.40. The lowest BCUT2D eigenvalue weighted by atomic mass is 9.98.